The number of amides is 1. The summed E-state index contributed by atoms with van der Waals surface area (Å²) in [4.78, 5) is 15.6. The Morgan fingerprint density at radius 3 is 3.00 bits per heavy atom. The molecule has 2 N–H and O–H groups in total. The van der Waals surface area contributed by atoms with Gasteiger partial charge in [-0.1, -0.05) is 0 Å². The van der Waals surface area contributed by atoms with Gasteiger partial charge in [-0.3, -0.25) is 9.48 Å². The summed E-state index contributed by atoms with van der Waals surface area (Å²) < 4.78 is 12.7. The largest absolute Gasteiger partial charge is 0.377 e. The number of ether oxygens (including phenoxy) is 2. The molecular weight excluding hydrogens is 296 g/mol. The second-order valence-corrected chi connectivity index (χ2v) is 5.70. The van der Waals surface area contributed by atoms with Gasteiger partial charge in [-0.25, -0.2) is 0 Å². The number of carbonyl (C=O) groups excluding carboxylic acids is 1. The molecule has 0 aliphatic heterocycles. The third-order valence-electron chi connectivity index (χ3n) is 4.22. The van der Waals surface area contributed by atoms with Crippen LogP contribution in [0.25, 0.3) is 11.1 Å². The van der Waals surface area contributed by atoms with E-state index in [2.05, 4.69) is 15.4 Å². The van der Waals surface area contributed by atoms with E-state index in [1.165, 1.54) is 0 Å². The first-order valence-corrected chi connectivity index (χ1v) is 7.75. The molecule has 3 atom stereocenters. The van der Waals surface area contributed by atoms with Crippen LogP contribution in [0.3, 0.4) is 0 Å². The smallest absolute Gasteiger partial charge is 0.253 e. The van der Waals surface area contributed by atoms with Crippen LogP contribution in [0, 0.1) is 0 Å². The van der Waals surface area contributed by atoms with E-state index in [0.717, 1.165) is 17.5 Å². The van der Waals surface area contributed by atoms with Crippen LogP contribution in [0.5, 0.6) is 0 Å². The van der Waals surface area contributed by atoms with Crippen molar-refractivity contribution in [3.05, 3.63) is 30.4 Å². The zero-order chi connectivity index (χ0) is 16.4. The van der Waals surface area contributed by atoms with Crippen LogP contribution in [0.15, 0.2) is 24.8 Å². The molecule has 124 valence electrons. The maximum Gasteiger partial charge on any atom is 0.253 e. The van der Waals surface area contributed by atoms with Crippen molar-refractivity contribution in [2.24, 2.45) is 7.05 Å². The molecule has 1 aliphatic rings. The molecule has 1 saturated carbocycles. The Labute approximate surface area is 135 Å². The Kier molecular flexibility index (Phi) is 4.49. The van der Waals surface area contributed by atoms with Gasteiger partial charge < -0.3 is 19.8 Å². The number of hydrogen-bond acceptors (Lipinski definition) is 4. The zero-order valence-corrected chi connectivity index (χ0v) is 13.6. The molecule has 1 amide bonds. The number of carbonyl (C=O) groups is 1. The molecule has 1 aliphatic carbocycles. The minimum absolute atomic E-state index is 0.0271. The molecule has 1 fully saturated rings. The molecule has 3 unspecified atom stereocenters. The Morgan fingerprint density at radius 1 is 1.52 bits per heavy atom. The highest BCUT2D eigenvalue weighted by molar-refractivity contribution is 6.00. The van der Waals surface area contributed by atoms with Crippen LogP contribution in [0.2, 0.25) is 0 Å². The minimum atomic E-state index is -0.118. The van der Waals surface area contributed by atoms with E-state index >= 15 is 0 Å². The highest BCUT2D eigenvalue weighted by Gasteiger charge is 2.43. The number of aryl methyl sites for hydroxylation is 1. The highest BCUT2D eigenvalue weighted by atomic mass is 16.5. The van der Waals surface area contributed by atoms with Crippen molar-refractivity contribution in [2.45, 2.75) is 31.6 Å². The standard InChI is InChI=1S/C16H22N4O3/c1-4-23-14-5-13(15(14)22-3)19-16(21)12-8-17-7-11(12)10-6-18-20(2)9-10/h6-9,13-15,17H,4-5H2,1-3H3,(H,19,21). The first-order chi connectivity index (χ1) is 11.1. The van der Waals surface area contributed by atoms with Crippen LogP contribution >= 0.6 is 0 Å². The van der Waals surface area contributed by atoms with Crippen LogP contribution in [0.4, 0.5) is 0 Å². The third kappa shape index (κ3) is 3.02. The van der Waals surface area contributed by atoms with Crippen LogP contribution in [-0.4, -0.2) is 52.6 Å². The van der Waals surface area contributed by atoms with Gasteiger partial charge in [0.05, 0.1) is 23.9 Å². The predicted molar refractivity (Wildman–Crippen MR) is 85.1 cm³/mol. The summed E-state index contributed by atoms with van der Waals surface area (Å²) in [6.07, 6.45) is 7.87. The van der Waals surface area contributed by atoms with Crippen molar-refractivity contribution in [1.82, 2.24) is 20.1 Å². The molecule has 0 aromatic carbocycles. The second kappa shape index (κ2) is 6.55. The van der Waals surface area contributed by atoms with E-state index < -0.39 is 0 Å². The van der Waals surface area contributed by atoms with Gasteiger partial charge in [-0.2, -0.15) is 5.10 Å². The number of hydrogen-bond donors (Lipinski definition) is 2. The molecule has 23 heavy (non-hydrogen) atoms. The van der Waals surface area contributed by atoms with Crippen molar-refractivity contribution >= 4 is 5.91 Å². The predicted octanol–water partition coefficient (Wildman–Crippen LogP) is 1.34. The summed E-state index contributed by atoms with van der Waals surface area (Å²) in [6.45, 7) is 2.60. The fourth-order valence-corrected chi connectivity index (χ4v) is 3.01. The second-order valence-electron chi connectivity index (χ2n) is 5.70. The van der Waals surface area contributed by atoms with Crippen LogP contribution < -0.4 is 5.32 Å². The maximum absolute atomic E-state index is 12.6. The Bertz CT molecular complexity index is 678. The maximum atomic E-state index is 12.6. The van der Waals surface area contributed by atoms with Gasteiger partial charge in [-0.05, 0) is 13.3 Å². The first-order valence-electron chi connectivity index (χ1n) is 7.75. The summed E-state index contributed by atoms with van der Waals surface area (Å²) in [5.41, 5.74) is 2.35. The number of aromatic nitrogens is 3. The van der Waals surface area contributed by atoms with Crippen LogP contribution in [-0.2, 0) is 16.5 Å². The summed E-state index contributed by atoms with van der Waals surface area (Å²) in [5.74, 6) is -0.118. The normalized spacial score (nSPS) is 23.5. The summed E-state index contributed by atoms with van der Waals surface area (Å²) in [7, 11) is 3.49. The van der Waals surface area contributed by atoms with E-state index in [-0.39, 0.29) is 24.2 Å². The monoisotopic (exact) mass is 318 g/mol. The number of methoxy groups -OCH3 is 1. The summed E-state index contributed by atoms with van der Waals surface area (Å²) >= 11 is 0. The molecule has 3 rings (SSSR count). The van der Waals surface area contributed by atoms with E-state index in [4.69, 9.17) is 9.47 Å². The SMILES string of the molecule is CCOC1CC(NC(=O)c2c[nH]cc2-c2cnn(C)c2)C1OC. The molecule has 2 heterocycles. The number of nitrogens with zero attached hydrogens (tertiary/aromatic N) is 2. The molecule has 7 heteroatoms. The van der Waals surface area contributed by atoms with Gasteiger partial charge in [0.2, 0.25) is 0 Å². The van der Waals surface area contributed by atoms with Gasteiger partial charge in [0.25, 0.3) is 5.91 Å². The van der Waals surface area contributed by atoms with E-state index in [1.54, 1.807) is 24.2 Å². The quantitative estimate of drug-likeness (QED) is 0.842. The zero-order valence-electron chi connectivity index (χ0n) is 13.6. The Morgan fingerprint density at radius 2 is 2.35 bits per heavy atom. The molecule has 2 aromatic rings. The van der Waals surface area contributed by atoms with Crippen molar-refractivity contribution in [3.8, 4) is 11.1 Å². The summed E-state index contributed by atoms with van der Waals surface area (Å²) in [5, 5.41) is 7.19. The fraction of sp³-hybridized carbons (Fsp3) is 0.500. The van der Waals surface area contributed by atoms with E-state index in [9.17, 15) is 4.79 Å². The van der Waals surface area contributed by atoms with Gasteiger partial charge in [0.15, 0.2) is 0 Å². The number of nitrogens with one attached hydrogen (secondary N) is 2. The molecule has 7 nitrogen and oxygen atoms in total. The molecule has 0 saturated heterocycles. The van der Waals surface area contributed by atoms with Gasteiger partial charge >= 0.3 is 0 Å². The first kappa shape index (κ1) is 15.8. The molecule has 0 spiro atoms. The third-order valence-corrected chi connectivity index (χ3v) is 4.22. The lowest BCUT2D eigenvalue weighted by atomic mass is 9.85. The van der Waals surface area contributed by atoms with Gasteiger partial charge in [-0.15, -0.1) is 0 Å². The topological polar surface area (TPSA) is 81.2 Å². The van der Waals surface area contributed by atoms with E-state index in [1.807, 2.05) is 26.4 Å². The highest BCUT2D eigenvalue weighted by Crippen LogP contribution is 2.28. The molecule has 2 aromatic heterocycles. The van der Waals surface area contributed by atoms with Gasteiger partial charge in [0, 0.05) is 50.5 Å². The lowest BCUT2D eigenvalue weighted by Gasteiger charge is -2.43. The summed E-state index contributed by atoms with van der Waals surface area (Å²) in [6, 6.07) is -0.0271. The van der Waals surface area contributed by atoms with Crippen molar-refractivity contribution in [1.29, 1.82) is 0 Å². The lowest BCUT2D eigenvalue weighted by Crippen LogP contribution is -2.61. The van der Waals surface area contributed by atoms with Crippen molar-refractivity contribution in [2.75, 3.05) is 13.7 Å². The fourth-order valence-electron chi connectivity index (χ4n) is 3.01. The molecule has 0 bridgehead atoms. The van der Waals surface area contributed by atoms with E-state index in [0.29, 0.717) is 12.2 Å². The minimum Gasteiger partial charge on any atom is -0.377 e. The lowest BCUT2D eigenvalue weighted by molar-refractivity contribution is -0.128. The molecular formula is C16H22N4O3. The van der Waals surface area contributed by atoms with Crippen molar-refractivity contribution < 1.29 is 14.3 Å². The number of aromatic amines is 1. The van der Waals surface area contributed by atoms with Crippen LogP contribution in [0.1, 0.15) is 23.7 Å². The average Bonchev–Trinajstić information content (AvgIpc) is 3.14. The average molecular weight is 318 g/mol. The number of rotatable bonds is 6. The van der Waals surface area contributed by atoms with Gasteiger partial charge in [0.1, 0.15) is 6.10 Å². The van der Waals surface area contributed by atoms with Crippen molar-refractivity contribution in [3.63, 3.8) is 0 Å². The number of H-pyrrole nitrogens is 1. The Balaban J connectivity index is 1.69. The molecule has 0 radical (unpaired) electrons. The Hall–Kier alpha value is -2.12.